The van der Waals surface area contributed by atoms with Gasteiger partial charge in [0, 0.05) is 42.2 Å². The molecule has 0 unspecified atom stereocenters. The molecule has 17 heteroatoms. The van der Waals surface area contributed by atoms with Gasteiger partial charge in [-0.15, -0.1) is 0 Å². The normalized spacial score (nSPS) is 19.6. The summed E-state index contributed by atoms with van der Waals surface area (Å²) in [4.78, 5) is 78.5. The molecule has 3 N–H and O–H groups in total. The number of aromatic amines is 1. The summed E-state index contributed by atoms with van der Waals surface area (Å²) in [5, 5.41) is 5.01. The van der Waals surface area contributed by atoms with Crippen molar-refractivity contribution in [3.8, 4) is 22.6 Å². The maximum Gasteiger partial charge on any atom is 0.407 e. The third kappa shape index (κ3) is 7.41. The predicted molar refractivity (Wildman–Crippen MR) is 182 cm³/mol. The minimum absolute atomic E-state index is 0.235. The monoisotopic (exact) mass is 702 g/mol. The molecule has 0 aliphatic carbocycles. The molecule has 4 atom stereocenters. The van der Waals surface area contributed by atoms with E-state index in [0.717, 1.165) is 12.8 Å². The number of imidazole rings is 1. The number of methoxy groups -OCH3 is 2. The van der Waals surface area contributed by atoms with Gasteiger partial charge in [0.2, 0.25) is 11.8 Å². The quantitative estimate of drug-likeness (QED) is 0.300. The van der Waals surface area contributed by atoms with E-state index in [2.05, 4.69) is 45.0 Å². The molecule has 0 saturated carbocycles. The number of hydrogen-bond acceptors (Lipinski definition) is 11. The zero-order chi connectivity index (χ0) is 36.2. The Morgan fingerprint density at radius 3 is 2.08 bits per heavy atom. The standard InChI is InChI=1S/C34H39FN10O6/c1-18(40-33(48)50-3)31(46)44-11-5-7-26(44)29-38-16-24(42-29)21-14-36-28(37-15-21)20-9-10-22(23(35)13-20)25-17-39-30(43-25)27-8-6-12-45(27)32(47)19(2)41-34(49)51-4/h9-10,13-15,17-19,26-27H,5-8,11-12,16H2,1-4H3,(H,39,43)(H,40,48)(H,41,49)/t18-,19-,26+,27+/m0/s1. The number of H-pyrrole nitrogens is 1. The van der Waals surface area contributed by atoms with Crippen LogP contribution in [0.2, 0.25) is 0 Å². The van der Waals surface area contributed by atoms with Crippen LogP contribution in [0.15, 0.2) is 46.8 Å². The fourth-order valence-corrected chi connectivity index (χ4v) is 6.55. The van der Waals surface area contributed by atoms with Gasteiger partial charge in [-0.2, -0.15) is 0 Å². The van der Waals surface area contributed by atoms with E-state index in [1.807, 2.05) is 0 Å². The Bertz CT molecular complexity index is 1880. The lowest BCUT2D eigenvalue weighted by Gasteiger charge is -2.26. The van der Waals surface area contributed by atoms with E-state index in [1.54, 1.807) is 48.2 Å². The van der Waals surface area contributed by atoms with Crippen molar-refractivity contribution >= 4 is 35.5 Å². The molecule has 16 nitrogen and oxygen atoms in total. The van der Waals surface area contributed by atoms with Crippen molar-refractivity contribution in [1.29, 1.82) is 0 Å². The van der Waals surface area contributed by atoms with Gasteiger partial charge in [0.1, 0.15) is 29.6 Å². The van der Waals surface area contributed by atoms with E-state index in [4.69, 9.17) is 4.99 Å². The smallest absolute Gasteiger partial charge is 0.407 e. The molecule has 3 aliphatic rings. The van der Waals surface area contributed by atoms with Crippen LogP contribution >= 0.6 is 0 Å². The minimum Gasteiger partial charge on any atom is -0.453 e. The topological polar surface area (TPSA) is 196 Å². The number of amides is 4. The Morgan fingerprint density at radius 2 is 1.47 bits per heavy atom. The van der Waals surface area contributed by atoms with Crippen LogP contribution in [0.1, 0.15) is 57.0 Å². The van der Waals surface area contributed by atoms with Crippen molar-refractivity contribution in [3.63, 3.8) is 0 Å². The summed E-state index contributed by atoms with van der Waals surface area (Å²) in [5.74, 6) is 0.398. The molecule has 3 aliphatic heterocycles. The van der Waals surface area contributed by atoms with Crippen molar-refractivity contribution in [2.45, 2.75) is 63.7 Å². The van der Waals surface area contributed by atoms with Crippen LogP contribution in [0.3, 0.4) is 0 Å². The molecule has 2 aromatic heterocycles. The maximum absolute atomic E-state index is 15.5. The molecule has 4 amide bonds. The number of rotatable bonds is 9. The van der Waals surface area contributed by atoms with Gasteiger partial charge in [-0.25, -0.2) is 33.9 Å². The number of carbonyl (C=O) groups is 4. The highest BCUT2D eigenvalue weighted by molar-refractivity contribution is 6.14. The minimum atomic E-state index is -0.779. The molecule has 0 bridgehead atoms. The number of aliphatic imine (C=N–C) groups is 2. The van der Waals surface area contributed by atoms with Crippen LogP contribution in [0.4, 0.5) is 14.0 Å². The fraction of sp³-hybridized carbons (Fsp3) is 0.441. The van der Waals surface area contributed by atoms with Crippen LogP contribution in [0, 0.1) is 5.82 Å². The number of nitrogens with one attached hydrogen (secondary N) is 3. The second-order valence-corrected chi connectivity index (χ2v) is 12.5. The Balaban J connectivity index is 1.11. The van der Waals surface area contributed by atoms with Crippen LogP contribution in [-0.4, -0.2) is 117 Å². The summed E-state index contributed by atoms with van der Waals surface area (Å²) in [6.45, 7) is 4.55. The maximum atomic E-state index is 15.5. The van der Waals surface area contributed by atoms with E-state index in [1.165, 1.54) is 26.5 Å². The number of hydrogen-bond donors (Lipinski definition) is 3. The van der Waals surface area contributed by atoms with E-state index in [0.29, 0.717) is 78.1 Å². The Kier molecular flexibility index (Phi) is 10.3. The second-order valence-electron chi connectivity index (χ2n) is 12.5. The lowest BCUT2D eigenvalue weighted by atomic mass is 10.1. The van der Waals surface area contributed by atoms with Crippen LogP contribution in [-0.2, 0) is 19.1 Å². The SMILES string of the molecule is COC(=O)N[C@@H](C)C(=O)N1CCC[C@@H]1C1=NCC(c2cnc(-c3ccc(-c4cnc([C@H]5CCCN5C(=O)[C@H](C)NC(=O)OC)[nH]4)c(F)c3)nc2)=N1. The molecule has 1 aromatic carbocycles. The first kappa shape index (κ1) is 35.1. The van der Waals surface area contributed by atoms with E-state index >= 15 is 4.39 Å². The van der Waals surface area contributed by atoms with Gasteiger partial charge in [0.15, 0.2) is 5.82 Å². The average molecular weight is 703 g/mol. The molecular formula is C34H39FN10O6. The van der Waals surface area contributed by atoms with Crippen LogP contribution < -0.4 is 10.6 Å². The molecule has 2 fully saturated rings. The molecule has 6 rings (SSSR count). The lowest BCUT2D eigenvalue weighted by Crippen LogP contribution is -2.50. The third-order valence-corrected chi connectivity index (χ3v) is 9.20. The van der Waals surface area contributed by atoms with Crippen LogP contribution in [0.5, 0.6) is 0 Å². The third-order valence-electron chi connectivity index (χ3n) is 9.20. The number of carbonyl (C=O) groups excluding carboxylic acids is 4. The van der Waals surface area contributed by atoms with Gasteiger partial charge >= 0.3 is 12.2 Å². The number of aromatic nitrogens is 4. The summed E-state index contributed by atoms with van der Waals surface area (Å²) in [6.07, 6.45) is 6.33. The Hall–Kier alpha value is -5.74. The number of benzene rings is 1. The number of halogens is 1. The van der Waals surface area contributed by atoms with Gasteiger partial charge in [-0.05, 0) is 51.7 Å². The molecule has 2 saturated heterocycles. The van der Waals surface area contributed by atoms with Crippen molar-refractivity contribution in [3.05, 3.63) is 54.0 Å². The van der Waals surface area contributed by atoms with E-state index < -0.39 is 30.1 Å². The van der Waals surface area contributed by atoms with E-state index in [-0.39, 0.29) is 23.9 Å². The first-order chi connectivity index (χ1) is 24.6. The number of ether oxygens (including phenoxy) is 2. The van der Waals surface area contributed by atoms with Gasteiger partial charge < -0.3 is 34.9 Å². The predicted octanol–water partition coefficient (Wildman–Crippen LogP) is 3.02. The summed E-state index contributed by atoms with van der Waals surface area (Å²) < 4.78 is 24.7. The second kappa shape index (κ2) is 15.0. The number of nitrogens with zero attached hydrogens (tertiary/aromatic N) is 7. The van der Waals surface area contributed by atoms with Crippen molar-refractivity contribution in [2.24, 2.45) is 9.98 Å². The van der Waals surface area contributed by atoms with Gasteiger partial charge in [0.25, 0.3) is 0 Å². The summed E-state index contributed by atoms with van der Waals surface area (Å²) >= 11 is 0. The molecule has 5 heterocycles. The Morgan fingerprint density at radius 1 is 0.863 bits per heavy atom. The van der Waals surface area contributed by atoms with Crippen molar-refractivity contribution < 1.29 is 33.0 Å². The largest absolute Gasteiger partial charge is 0.453 e. The van der Waals surface area contributed by atoms with E-state index in [9.17, 15) is 19.2 Å². The first-order valence-electron chi connectivity index (χ1n) is 16.7. The zero-order valence-electron chi connectivity index (χ0n) is 28.7. The van der Waals surface area contributed by atoms with Crippen molar-refractivity contribution in [1.82, 2.24) is 40.4 Å². The highest BCUT2D eigenvalue weighted by Crippen LogP contribution is 2.33. The molecule has 0 spiro atoms. The Labute approximate surface area is 293 Å². The van der Waals surface area contributed by atoms with Gasteiger partial charge in [-0.1, -0.05) is 6.07 Å². The summed E-state index contributed by atoms with van der Waals surface area (Å²) in [6, 6.07) is 2.51. The van der Waals surface area contributed by atoms with Crippen molar-refractivity contribution in [2.75, 3.05) is 33.9 Å². The highest BCUT2D eigenvalue weighted by atomic mass is 19.1. The fourth-order valence-electron chi connectivity index (χ4n) is 6.55. The van der Waals surface area contributed by atoms with Gasteiger partial charge in [-0.3, -0.25) is 14.6 Å². The summed E-state index contributed by atoms with van der Waals surface area (Å²) in [7, 11) is 2.48. The number of amidine groups is 1. The first-order valence-corrected chi connectivity index (χ1v) is 16.7. The van der Waals surface area contributed by atoms with Gasteiger partial charge in [0.05, 0.1) is 50.5 Å². The number of likely N-dealkylation sites (tertiary alicyclic amines) is 2. The molecule has 51 heavy (non-hydrogen) atoms. The lowest BCUT2D eigenvalue weighted by molar-refractivity contribution is -0.134. The summed E-state index contributed by atoms with van der Waals surface area (Å²) in [5.41, 5.74) is 2.54. The molecule has 0 radical (unpaired) electrons. The zero-order valence-corrected chi connectivity index (χ0v) is 28.7. The molecule has 3 aromatic rings. The van der Waals surface area contributed by atoms with Crippen LogP contribution in [0.25, 0.3) is 22.6 Å². The number of alkyl carbamates (subject to hydrolysis) is 2. The average Bonchev–Trinajstić information content (AvgIpc) is 3.97. The molecular weight excluding hydrogens is 663 g/mol. The highest BCUT2D eigenvalue weighted by Gasteiger charge is 2.37. The molecule has 268 valence electrons.